The maximum absolute atomic E-state index is 13.7. The van der Waals surface area contributed by atoms with Gasteiger partial charge in [0.15, 0.2) is 11.2 Å². The van der Waals surface area contributed by atoms with Crippen LogP contribution in [0.1, 0.15) is 53.5 Å². The van der Waals surface area contributed by atoms with E-state index in [1.54, 1.807) is 17.0 Å². The molecule has 1 N–H and O–H groups in total. The van der Waals surface area contributed by atoms with E-state index in [1.807, 2.05) is 61.2 Å². The number of rotatable bonds is 10. The SMILES string of the molecule is Cc1c(-c2nc3cc(CN4CCC[C@H]4C(=O)O)c(OC(F)F)cc3o2)cccc1-c1cccc(-c2nc3cc(CN4CCC(F)(F)CC4)cc(C#N)c3o2)c1C. The molecule has 8 rings (SSSR count). The van der Waals surface area contributed by atoms with Gasteiger partial charge in [-0.25, -0.2) is 18.7 Å². The number of hydrogen-bond acceptors (Lipinski definition) is 9. The Hall–Kier alpha value is -5.78. The molecule has 2 saturated heterocycles. The van der Waals surface area contributed by atoms with E-state index in [-0.39, 0.29) is 49.7 Å². The van der Waals surface area contributed by atoms with Gasteiger partial charge in [0.1, 0.15) is 28.9 Å². The molecule has 0 bridgehead atoms. The van der Waals surface area contributed by atoms with Gasteiger partial charge in [0, 0.05) is 61.8 Å². The molecule has 288 valence electrons. The third-order valence-electron chi connectivity index (χ3n) is 10.9. The number of oxazole rings is 2. The lowest BCUT2D eigenvalue weighted by molar-refractivity contribution is -0.142. The number of aliphatic carboxylic acids is 1. The van der Waals surface area contributed by atoms with Crippen LogP contribution in [0.2, 0.25) is 0 Å². The maximum atomic E-state index is 13.7. The normalized spacial score (nSPS) is 17.6. The molecule has 2 aliphatic rings. The summed E-state index contributed by atoms with van der Waals surface area (Å²) in [5, 5.41) is 19.6. The molecule has 0 radical (unpaired) electrons. The third kappa shape index (κ3) is 7.20. The number of nitrogens with zero attached hydrogens (tertiary/aromatic N) is 5. The van der Waals surface area contributed by atoms with Crippen LogP contribution in [0.25, 0.3) is 56.2 Å². The highest BCUT2D eigenvalue weighted by molar-refractivity contribution is 5.86. The van der Waals surface area contributed by atoms with Gasteiger partial charge in [-0.2, -0.15) is 14.0 Å². The van der Waals surface area contributed by atoms with Crippen LogP contribution in [0.3, 0.4) is 0 Å². The molecule has 0 spiro atoms. The fourth-order valence-corrected chi connectivity index (χ4v) is 7.95. The third-order valence-corrected chi connectivity index (χ3v) is 10.9. The summed E-state index contributed by atoms with van der Waals surface area (Å²) in [6, 6.07) is 19.5. The largest absolute Gasteiger partial charge is 0.480 e. The Balaban J connectivity index is 1.11. The van der Waals surface area contributed by atoms with E-state index in [9.17, 15) is 32.7 Å². The summed E-state index contributed by atoms with van der Waals surface area (Å²) in [6.07, 6.45) is 0.764. The Bertz CT molecular complexity index is 2520. The summed E-state index contributed by atoms with van der Waals surface area (Å²) < 4.78 is 71.7. The predicted octanol–water partition coefficient (Wildman–Crippen LogP) is 9.34. The van der Waals surface area contributed by atoms with Crippen molar-refractivity contribution in [3.8, 4) is 45.9 Å². The van der Waals surface area contributed by atoms with Crippen LogP contribution in [0, 0.1) is 25.2 Å². The lowest BCUT2D eigenvalue weighted by Gasteiger charge is -2.31. The number of carbonyl (C=O) groups is 1. The van der Waals surface area contributed by atoms with Gasteiger partial charge in [-0.3, -0.25) is 14.6 Å². The van der Waals surface area contributed by atoms with Crippen molar-refractivity contribution >= 4 is 28.2 Å². The number of halogens is 4. The minimum atomic E-state index is -3.09. The van der Waals surface area contributed by atoms with Gasteiger partial charge in [0.05, 0.1) is 5.56 Å². The van der Waals surface area contributed by atoms with Crippen molar-refractivity contribution in [2.45, 2.75) is 71.2 Å². The molecule has 2 aromatic heterocycles. The Labute approximate surface area is 318 Å². The van der Waals surface area contributed by atoms with Gasteiger partial charge in [-0.05, 0) is 91.4 Å². The standard InChI is InChI=1S/C42H37F4N5O5/c1-23-28(6-3-8-30(23)38-48-32-18-27(22-51-13-5-10-34(51)40(52)53)35(55-41(43)44)19-36(32)54-38)29-7-4-9-31(24(29)2)39-49-33-17-25(16-26(20-47)37(33)56-39)21-50-14-11-42(45,46)12-15-50/h3-4,6-9,16-19,34,41H,5,10-15,21-22H2,1-2H3,(H,52,53)/t34-/m0/s1. The second kappa shape index (κ2) is 14.7. The lowest BCUT2D eigenvalue weighted by atomic mass is 9.91. The fraction of sp³-hybridized carbons (Fsp3) is 0.333. The molecule has 14 heteroatoms. The second-order valence-corrected chi connectivity index (χ2v) is 14.5. The number of benzene rings is 4. The molecule has 4 heterocycles. The molecule has 2 fully saturated rings. The Morgan fingerprint density at radius 1 is 0.929 bits per heavy atom. The summed E-state index contributed by atoms with van der Waals surface area (Å²) in [5.41, 5.74) is 7.87. The van der Waals surface area contributed by atoms with Gasteiger partial charge < -0.3 is 18.7 Å². The van der Waals surface area contributed by atoms with E-state index < -0.39 is 24.5 Å². The zero-order valence-electron chi connectivity index (χ0n) is 30.6. The minimum Gasteiger partial charge on any atom is -0.480 e. The van der Waals surface area contributed by atoms with Crippen molar-refractivity contribution in [1.82, 2.24) is 19.8 Å². The van der Waals surface area contributed by atoms with Crippen molar-refractivity contribution in [3.05, 3.63) is 88.5 Å². The number of piperidine rings is 1. The summed E-state index contributed by atoms with van der Waals surface area (Å²) >= 11 is 0. The van der Waals surface area contributed by atoms with E-state index >= 15 is 0 Å². The van der Waals surface area contributed by atoms with Crippen LogP contribution in [0.4, 0.5) is 17.6 Å². The number of carboxylic acids is 1. The van der Waals surface area contributed by atoms with Gasteiger partial charge in [0.2, 0.25) is 11.8 Å². The number of nitriles is 1. The van der Waals surface area contributed by atoms with E-state index in [0.717, 1.165) is 33.4 Å². The van der Waals surface area contributed by atoms with Gasteiger partial charge >= 0.3 is 12.6 Å². The first-order valence-electron chi connectivity index (χ1n) is 18.4. The highest BCUT2D eigenvalue weighted by Crippen LogP contribution is 2.40. The topological polar surface area (TPSA) is 129 Å². The zero-order valence-corrected chi connectivity index (χ0v) is 30.6. The van der Waals surface area contributed by atoms with Crippen molar-refractivity contribution in [2.75, 3.05) is 19.6 Å². The average molecular weight is 768 g/mol. The molecule has 10 nitrogen and oxygen atoms in total. The smallest absolute Gasteiger partial charge is 0.387 e. The summed E-state index contributed by atoms with van der Waals surface area (Å²) in [4.78, 5) is 25.0. The number of ether oxygens (including phenoxy) is 1. The number of alkyl halides is 4. The first-order chi connectivity index (χ1) is 26.9. The fourth-order valence-electron chi connectivity index (χ4n) is 7.95. The van der Waals surface area contributed by atoms with Crippen molar-refractivity contribution < 1.29 is 41.0 Å². The molecule has 56 heavy (non-hydrogen) atoms. The van der Waals surface area contributed by atoms with Crippen molar-refractivity contribution in [3.63, 3.8) is 0 Å². The molecule has 0 unspecified atom stereocenters. The summed E-state index contributed by atoms with van der Waals surface area (Å²) in [7, 11) is 0. The Morgan fingerprint density at radius 3 is 2.21 bits per heavy atom. The molecular formula is C42H37F4N5O5. The number of likely N-dealkylation sites (tertiary alicyclic amines) is 2. The maximum Gasteiger partial charge on any atom is 0.387 e. The van der Waals surface area contributed by atoms with E-state index in [1.165, 1.54) is 6.07 Å². The van der Waals surface area contributed by atoms with E-state index in [2.05, 4.69) is 6.07 Å². The minimum absolute atomic E-state index is 0.0999. The molecule has 0 saturated carbocycles. The molecule has 0 aliphatic carbocycles. The predicted molar refractivity (Wildman–Crippen MR) is 199 cm³/mol. The van der Waals surface area contributed by atoms with Gasteiger partial charge in [-0.1, -0.05) is 24.3 Å². The van der Waals surface area contributed by atoms with Crippen LogP contribution in [-0.4, -0.2) is 69.1 Å². The number of fused-ring (bicyclic) bond motifs is 2. The molecule has 4 aromatic carbocycles. The van der Waals surface area contributed by atoms with Crippen molar-refractivity contribution in [1.29, 1.82) is 5.26 Å². The first-order valence-corrected chi connectivity index (χ1v) is 18.4. The number of carboxylic acid groups (broad SMARTS) is 1. The first kappa shape index (κ1) is 37.2. The van der Waals surface area contributed by atoms with Crippen LogP contribution in [0.5, 0.6) is 5.75 Å². The molecule has 2 aliphatic heterocycles. The molecule has 1 atom stereocenters. The van der Waals surface area contributed by atoms with Crippen LogP contribution in [-0.2, 0) is 17.9 Å². The molecule has 6 aromatic rings. The van der Waals surface area contributed by atoms with Crippen LogP contribution < -0.4 is 4.74 Å². The zero-order chi connectivity index (χ0) is 39.3. The van der Waals surface area contributed by atoms with Crippen molar-refractivity contribution in [2.24, 2.45) is 0 Å². The molecular weight excluding hydrogens is 730 g/mol. The Morgan fingerprint density at radius 2 is 1.57 bits per heavy atom. The summed E-state index contributed by atoms with van der Waals surface area (Å²) in [5.74, 6) is -3.10. The molecule has 0 amide bonds. The van der Waals surface area contributed by atoms with Gasteiger partial charge in [0.25, 0.3) is 5.92 Å². The second-order valence-electron chi connectivity index (χ2n) is 14.5. The quantitative estimate of drug-likeness (QED) is 0.135. The Kier molecular flexibility index (Phi) is 9.76. The van der Waals surface area contributed by atoms with Crippen LogP contribution >= 0.6 is 0 Å². The summed E-state index contributed by atoms with van der Waals surface area (Å²) in [6.45, 7) is 2.37. The highest BCUT2D eigenvalue weighted by atomic mass is 19.3. The van der Waals surface area contributed by atoms with Crippen LogP contribution in [0.15, 0.2) is 69.5 Å². The average Bonchev–Trinajstić information content (AvgIpc) is 3.91. The van der Waals surface area contributed by atoms with E-state index in [4.69, 9.17) is 23.5 Å². The number of aromatic nitrogens is 2. The highest BCUT2D eigenvalue weighted by Gasteiger charge is 2.34. The lowest BCUT2D eigenvalue weighted by Crippen LogP contribution is -2.38. The number of hydrogen-bond donors (Lipinski definition) is 1. The van der Waals surface area contributed by atoms with E-state index in [0.29, 0.717) is 65.1 Å². The van der Waals surface area contributed by atoms with Gasteiger partial charge in [-0.15, -0.1) is 0 Å². The monoisotopic (exact) mass is 767 g/mol.